The Bertz CT molecular complexity index is 1270. The predicted molar refractivity (Wildman–Crippen MR) is 149 cm³/mol. The summed E-state index contributed by atoms with van der Waals surface area (Å²) in [5, 5.41) is 6.21. The maximum absolute atomic E-state index is 14.9. The van der Waals surface area contributed by atoms with Crippen LogP contribution < -0.4 is 25.2 Å². The van der Waals surface area contributed by atoms with Crippen molar-refractivity contribution in [2.24, 2.45) is 5.92 Å². The van der Waals surface area contributed by atoms with Gasteiger partial charge in [-0.25, -0.2) is 4.98 Å². The van der Waals surface area contributed by atoms with Gasteiger partial charge in [-0.15, -0.1) is 0 Å². The second kappa shape index (κ2) is 11.1. The van der Waals surface area contributed by atoms with E-state index < -0.39 is 18.4 Å². The Hall–Kier alpha value is -3.54. The normalized spacial score (nSPS) is 23.5. The topological polar surface area (TPSA) is 103 Å². The number of carbonyl (C=O) groups excluding carboxylic acids is 2. The first kappa shape index (κ1) is 28.0. The number of rotatable bonds is 6. The Morgan fingerprint density at radius 1 is 1.15 bits per heavy atom. The predicted octanol–water partition coefficient (Wildman–Crippen LogP) is 3.66. The number of ether oxygens (including phenoxy) is 1. The van der Waals surface area contributed by atoms with Crippen LogP contribution in [-0.2, 0) is 4.79 Å². The Morgan fingerprint density at radius 3 is 2.58 bits per heavy atom. The fraction of sp³-hybridized carbons (Fsp3) is 0.571. The number of hydrogen-bond acceptors (Lipinski definition) is 8. The molecule has 10 nitrogen and oxygen atoms in total. The number of hydrogen-bond donors (Lipinski definition) is 2. The van der Waals surface area contributed by atoms with Crippen molar-refractivity contribution in [1.82, 2.24) is 20.2 Å². The van der Waals surface area contributed by atoms with E-state index in [-0.39, 0.29) is 35.4 Å². The van der Waals surface area contributed by atoms with E-state index in [4.69, 9.17) is 4.74 Å². The average molecular weight is 558 g/mol. The molecular weight excluding hydrogens is 520 g/mol. The minimum absolute atomic E-state index is 0.128. The van der Waals surface area contributed by atoms with Crippen molar-refractivity contribution >= 4 is 35.0 Å². The van der Waals surface area contributed by atoms with E-state index in [9.17, 15) is 18.4 Å². The van der Waals surface area contributed by atoms with E-state index in [2.05, 4.69) is 39.5 Å². The van der Waals surface area contributed by atoms with Crippen LogP contribution in [0, 0.1) is 5.92 Å². The summed E-state index contributed by atoms with van der Waals surface area (Å²) in [6, 6.07) is 5.02. The lowest BCUT2D eigenvalue weighted by molar-refractivity contribution is -0.140. The largest absolute Gasteiger partial charge is 0.495 e. The zero-order valence-corrected chi connectivity index (χ0v) is 23.4. The molecule has 2 fully saturated rings. The highest BCUT2D eigenvalue weighted by Gasteiger charge is 2.49. The van der Waals surface area contributed by atoms with Crippen LogP contribution in [-0.4, -0.2) is 85.5 Å². The monoisotopic (exact) mass is 557 g/mol. The highest BCUT2D eigenvalue weighted by molar-refractivity contribution is 6.02. The van der Waals surface area contributed by atoms with Crippen molar-refractivity contribution in [3.8, 4) is 5.75 Å². The van der Waals surface area contributed by atoms with Crippen LogP contribution in [0.4, 0.5) is 31.9 Å². The van der Waals surface area contributed by atoms with Gasteiger partial charge in [-0.2, -0.15) is 13.8 Å². The number of methoxy groups -OCH3 is 1. The van der Waals surface area contributed by atoms with Crippen LogP contribution in [0.25, 0.3) is 0 Å². The van der Waals surface area contributed by atoms with Gasteiger partial charge in [0.05, 0.1) is 25.5 Å². The van der Waals surface area contributed by atoms with Crippen LogP contribution in [0.5, 0.6) is 5.75 Å². The molecule has 2 atom stereocenters. The Kier molecular flexibility index (Phi) is 7.80. The Morgan fingerprint density at radius 2 is 1.90 bits per heavy atom. The second-order valence-corrected chi connectivity index (χ2v) is 11.3. The van der Waals surface area contributed by atoms with Crippen molar-refractivity contribution in [2.75, 3.05) is 56.0 Å². The molecule has 1 saturated carbocycles. The quantitative estimate of drug-likeness (QED) is 0.555. The summed E-state index contributed by atoms with van der Waals surface area (Å²) < 4.78 is 35.4. The van der Waals surface area contributed by atoms with Gasteiger partial charge in [0.25, 0.3) is 11.8 Å². The van der Waals surface area contributed by atoms with Gasteiger partial charge in [-0.3, -0.25) is 9.59 Å². The van der Waals surface area contributed by atoms with Gasteiger partial charge in [0.15, 0.2) is 5.82 Å². The molecule has 2 aliphatic heterocycles. The molecule has 2 N–H and O–H groups in total. The molecule has 5 rings (SSSR count). The summed E-state index contributed by atoms with van der Waals surface area (Å²) in [5.74, 6) is -3.73. The third-order valence-corrected chi connectivity index (χ3v) is 8.24. The van der Waals surface area contributed by atoms with Crippen molar-refractivity contribution in [3.05, 3.63) is 30.0 Å². The first-order chi connectivity index (χ1) is 19.1. The number of fused-ring (bicyclic) bond motifs is 1. The van der Waals surface area contributed by atoms with Crippen LogP contribution in [0.15, 0.2) is 24.4 Å². The number of nitrogens with zero attached hydrogens (tertiary/aromatic N) is 5. The number of likely N-dealkylation sites (tertiary alicyclic amines) is 1. The van der Waals surface area contributed by atoms with E-state index in [1.54, 1.807) is 23.1 Å². The van der Waals surface area contributed by atoms with E-state index in [1.165, 1.54) is 20.4 Å². The van der Waals surface area contributed by atoms with Crippen molar-refractivity contribution in [2.45, 2.75) is 57.0 Å². The summed E-state index contributed by atoms with van der Waals surface area (Å²) in [6.07, 6.45) is 5.62. The number of aromatic nitrogens is 2. The van der Waals surface area contributed by atoms with Crippen molar-refractivity contribution in [3.63, 3.8) is 0 Å². The molecule has 0 bridgehead atoms. The summed E-state index contributed by atoms with van der Waals surface area (Å²) in [6.45, 7) is 3.25. The third kappa shape index (κ3) is 5.67. The zero-order valence-electron chi connectivity index (χ0n) is 23.4. The van der Waals surface area contributed by atoms with Gasteiger partial charge in [0.1, 0.15) is 11.4 Å². The van der Waals surface area contributed by atoms with Gasteiger partial charge in [0, 0.05) is 24.7 Å². The number of alkyl halides is 2. The lowest BCUT2D eigenvalue weighted by atomic mass is 10.0. The lowest BCUT2D eigenvalue weighted by Crippen LogP contribution is -2.48. The molecule has 1 saturated heterocycles. The maximum atomic E-state index is 14.9. The summed E-state index contributed by atoms with van der Waals surface area (Å²) in [4.78, 5) is 39.2. The fourth-order valence-electron chi connectivity index (χ4n) is 5.83. The number of carbonyl (C=O) groups is 2. The number of anilines is 4. The minimum Gasteiger partial charge on any atom is -0.495 e. The molecule has 12 heteroatoms. The summed E-state index contributed by atoms with van der Waals surface area (Å²) in [5.41, 5.74) is 1.22. The van der Waals surface area contributed by atoms with E-state index >= 15 is 0 Å². The van der Waals surface area contributed by atoms with Crippen LogP contribution in [0.3, 0.4) is 0 Å². The van der Waals surface area contributed by atoms with Gasteiger partial charge in [0.2, 0.25) is 5.95 Å². The van der Waals surface area contributed by atoms with Crippen LogP contribution >= 0.6 is 0 Å². The number of amides is 2. The molecular formula is C28H37F2N7O3. The zero-order chi connectivity index (χ0) is 28.6. The first-order valence-electron chi connectivity index (χ1n) is 13.8. The summed E-state index contributed by atoms with van der Waals surface area (Å²) in [7, 11) is 4.90. The number of halogens is 2. The van der Waals surface area contributed by atoms with E-state index in [0.717, 1.165) is 50.1 Å². The highest BCUT2D eigenvalue weighted by Crippen LogP contribution is 2.41. The molecule has 1 unspecified atom stereocenters. The SMILES string of the molecule is COc1cc(C(=O)NC2CCN(C)CC2)ccc1Nc1ncc2c(n1)N(C1CC[C@@H](C)C1)CC(F)(F)C(=O)N2C. The standard InChI is InChI=1S/C28H37F2N7O3/c1-17-5-7-20(13-17)37-16-28(29,30)26(39)36(3)22-15-31-27(34-24(22)37)33-21-8-6-18(14-23(21)40-4)25(38)32-19-9-11-35(2)12-10-19/h6,8,14-15,17,19-20H,5,7,9-13,16H2,1-4H3,(H,32,38)(H,31,33,34)/t17-,20?/m1/s1. The number of piperidine rings is 1. The molecule has 0 spiro atoms. The highest BCUT2D eigenvalue weighted by atomic mass is 19.3. The average Bonchev–Trinajstić information content (AvgIpc) is 3.35. The fourth-order valence-corrected chi connectivity index (χ4v) is 5.83. The molecule has 1 aliphatic carbocycles. The van der Waals surface area contributed by atoms with Gasteiger partial charge < -0.3 is 30.1 Å². The van der Waals surface area contributed by atoms with Gasteiger partial charge >= 0.3 is 5.92 Å². The molecule has 3 heterocycles. The molecule has 1 aromatic carbocycles. The molecule has 40 heavy (non-hydrogen) atoms. The van der Waals surface area contributed by atoms with Gasteiger partial charge in [-0.05, 0) is 76.4 Å². The summed E-state index contributed by atoms with van der Waals surface area (Å²) >= 11 is 0. The smallest absolute Gasteiger partial charge is 0.342 e. The Balaban J connectivity index is 1.39. The molecule has 1 aromatic heterocycles. The van der Waals surface area contributed by atoms with Crippen LogP contribution in [0.1, 0.15) is 49.4 Å². The van der Waals surface area contributed by atoms with E-state index in [1.807, 2.05) is 0 Å². The Labute approximate surface area is 233 Å². The molecule has 0 radical (unpaired) electrons. The second-order valence-electron chi connectivity index (χ2n) is 11.3. The van der Waals surface area contributed by atoms with Crippen molar-refractivity contribution < 1.29 is 23.1 Å². The van der Waals surface area contributed by atoms with Crippen LogP contribution in [0.2, 0.25) is 0 Å². The van der Waals surface area contributed by atoms with E-state index in [0.29, 0.717) is 22.9 Å². The molecule has 216 valence electrons. The van der Waals surface area contributed by atoms with Crippen molar-refractivity contribution in [1.29, 1.82) is 0 Å². The minimum atomic E-state index is -3.55. The maximum Gasteiger partial charge on any atom is 0.342 e. The lowest BCUT2D eigenvalue weighted by Gasteiger charge is -2.31. The molecule has 2 amide bonds. The number of benzene rings is 1. The number of nitrogens with one attached hydrogen (secondary N) is 2. The molecule has 3 aliphatic rings. The van der Waals surface area contributed by atoms with Gasteiger partial charge in [-0.1, -0.05) is 6.92 Å². The first-order valence-corrected chi connectivity index (χ1v) is 13.8. The molecule has 2 aromatic rings. The third-order valence-electron chi connectivity index (χ3n) is 8.24.